The van der Waals surface area contributed by atoms with Gasteiger partial charge in [-0.25, -0.2) is 0 Å². The summed E-state index contributed by atoms with van der Waals surface area (Å²) in [6.45, 7) is 0.350. The summed E-state index contributed by atoms with van der Waals surface area (Å²) in [6.07, 6.45) is -1.01. The van der Waals surface area contributed by atoms with Crippen molar-refractivity contribution in [1.82, 2.24) is 0 Å². The van der Waals surface area contributed by atoms with E-state index < -0.39 is 11.7 Å². The average molecular weight is 417 g/mol. The van der Waals surface area contributed by atoms with E-state index in [9.17, 15) is 18.0 Å². The summed E-state index contributed by atoms with van der Waals surface area (Å²) in [6, 6.07) is 12.3. The highest BCUT2D eigenvalue weighted by atomic mass is 32.1. The molecule has 2 aromatic carbocycles. The number of fused-ring (bicyclic) bond motifs is 1. The van der Waals surface area contributed by atoms with Gasteiger partial charge in [-0.3, -0.25) is 4.79 Å². The van der Waals surface area contributed by atoms with Crippen LogP contribution in [-0.2, 0) is 25.6 Å². The van der Waals surface area contributed by atoms with Gasteiger partial charge in [0.25, 0.3) is 5.91 Å². The molecule has 0 fully saturated rings. The van der Waals surface area contributed by atoms with Gasteiger partial charge in [-0.2, -0.15) is 13.2 Å². The molecule has 1 amide bonds. The summed E-state index contributed by atoms with van der Waals surface area (Å²) in [5.74, 6) is 0.450. The van der Waals surface area contributed by atoms with Crippen molar-refractivity contribution in [2.45, 2.75) is 32.0 Å². The van der Waals surface area contributed by atoms with Gasteiger partial charge in [-0.1, -0.05) is 6.07 Å². The smallest absolute Gasteiger partial charge is 0.416 e. The molecule has 0 aliphatic heterocycles. The van der Waals surface area contributed by atoms with E-state index in [0.29, 0.717) is 17.2 Å². The highest BCUT2D eigenvalue weighted by molar-refractivity contribution is 7.12. The Labute approximate surface area is 170 Å². The number of carbonyl (C=O) groups excluding carboxylic acids is 1. The molecule has 1 aliphatic rings. The highest BCUT2D eigenvalue weighted by Gasteiger charge is 2.30. The Morgan fingerprint density at radius 3 is 2.55 bits per heavy atom. The van der Waals surface area contributed by atoms with Crippen molar-refractivity contribution in [3.05, 3.63) is 81.0 Å². The Morgan fingerprint density at radius 2 is 1.79 bits per heavy atom. The number of hydrogen-bond acceptors (Lipinski definition) is 3. The summed E-state index contributed by atoms with van der Waals surface area (Å²) >= 11 is 1.27. The predicted octanol–water partition coefficient (Wildman–Crippen LogP) is 6.09. The third kappa shape index (κ3) is 4.62. The third-order valence-corrected chi connectivity index (χ3v) is 5.80. The number of aryl methyl sites for hydroxylation is 2. The second kappa shape index (κ2) is 7.91. The van der Waals surface area contributed by atoms with E-state index in [1.54, 1.807) is 6.07 Å². The van der Waals surface area contributed by atoms with Crippen molar-refractivity contribution in [3.8, 4) is 5.75 Å². The molecule has 0 saturated carbocycles. The number of benzene rings is 2. The number of hydrogen-bond donors (Lipinski definition) is 1. The van der Waals surface area contributed by atoms with Crippen LogP contribution < -0.4 is 10.1 Å². The third-order valence-electron chi connectivity index (χ3n) is 4.82. The average Bonchev–Trinajstić information content (AvgIpc) is 3.35. The van der Waals surface area contributed by atoms with Crippen molar-refractivity contribution in [3.63, 3.8) is 0 Å². The van der Waals surface area contributed by atoms with Gasteiger partial charge in [-0.05, 0) is 78.2 Å². The Bertz CT molecular complexity index is 1030. The number of nitrogens with one attached hydrogen (secondary N) is 1. The fourth-order valence-corrected chi connectivity index (χ4v) is 4.10. The van der Waals surface area contributed by atoms with E-state index in [1.165, 1.54) is 41.0 Å². The SMILES string of the molecule is O=C(Nc1ccc(C(F)(F)F)cc1)c1cc(COc2ccc3c(c2)CCC3)cs1. The Kier molecular flexibility index (Phi) is 5.32. The van der Waals surface area contributed by atoms with Crippen molar-refractivity contribution < 1.29 is 22.7 Å². The van der Waals surface area contributed by atoms with Crippen molar-refractivity contribution >= 4 is 22.9 Å². The maximum Gasteiger partial charge on any atom is 0.416 e. The van der Waals surface area contributed by atoms with Crippen LogP contribution in [0.3, 0.4) is 0 Å². The second-order valence-electron chi connectivity index (χ2n) is 6.92. The summed E-state index contributed by atoms with van der Waals surface area (Å²) in [4.78, 5) is 12.8. The minimum atomic E-state index is -4.40. The van der Waals surface area contributed by atoms with Crippen molar-refractivity contribution in [2.24, 2.45) is 0 Å². The lowest BCUT2D eigenvalue weighted by atomic mass is 10.1. The Hall–Kier alpha value is -2.80. The molecule has 1 N–H and O–H groups in total. The van der Waals surface area contributed by atoms with E-state index in [0.717, 1.165) is 36.3 Å². The summed E-state index contributed by atoms with van der Waals surface area (Å²) in [7, 11) is 0. The van der Waals surface area contributed by atoms with Crippen LogP contribution in [-0.4, -0.2) is 5.91 Å². The van der Waals surface area contributed by atoms with Crippen molar-refractivity contribution in [2.75, 3.05) is 5.32 Å². The number of rotatable bonds is 5. The van der Waals surface area contributed by atoms with Crippen molar-refractivity contribution in [1.29, 1.82) is 0 Å². The van der Waals surface area contributed by atoms with Crippen LogP contribution in [0, 0.1) is 0 Å². The van der Waals surface area contributed by atoms with Crippen LogP contribution in [0.25, 0.3) is 0 Å². The van der Waals surface area contributed by atoms with Crippen LogP contribution in [0.2, 0.25) is 0 Å². The number of thiophene rings is 1. The molecule has 3 nitrogen and oxygen atoms in total. The molecule has 4 rings (SSSR count). The van der Waals surface area contributed by atoms with Crippen LogP contribution in [0.5, 0.6) is 5.75 Å². The molecule has 150 valence electrons. The fraction of sp³-hybridized carbons (Fsp3) is 0.227. The number of carbonyl (C=O) groups is 1. The molecule has 0 spiro atoms. The monoisotopic (exact) mass is 417 g/mol. The summed E-state index contributed by atoms with van der Waals surface area (Å²) in [5.41, 5.74) is 3.15. The zero-order chi connectivity index (χ0) is 20.4. The highest BCUT2D eigenvalue weighted by Crippen LogP contribution is 2.30. The first kappa shape index (κ1) is 19.5. The number of halogens is 3. The molecule has 3 aromatic rings. The Balaban J connectivity index is 1.35. The zero-order valence-electron chi connectivity index (χ0n) is 15.4. The van der Waals surface area contributed by atoms with Crippen LogP contribution in [0.4, 0.5) is 18.9 Å². The van der Waals surface area contributed by atoms with Gasteiger partial charge in [0.05, 0.1) is 10.4 Å². The maximum absolute atomic E-state index is 12.6. The maximum atomic E-state index is 12.6. The molecule has 29 heavy (non-hydrogen) atoms. The lowest BCUT2D eigenvalue weighted by Crippen LogP contribution is -2.11. The minimum absolute atomic E-state index is 0.312. The van der Waals surface area contributed by atoms with Gasteiger partial charge in [-0.15, -0.1) is 11.3 Å². The number of ether oxygens (including phenoxy) is 1. The van der Waals surface area contributed by atoms with E-state index >= 15 is 0 Å². The number of anilines is 1. The molecule has 1 aromatic heterocycles. The van der Waals surface area contributed by atoms with Crippen LogP contribution in [0.1, 0.15) is 38.3 Å². The molecule has 0 bridgehead atoms. The fourth-order valence-electron chi connectivity index (χ4n) is 3.31. The zero-order valence-corrected chi connectivity index (χ0v) is 16.2. The molecule has 0 saturated heterocycles. The lowest BCUT2D eigenvalue weighted by Gasteiger charge is -2.08. The predicted molar refractivity (Wildman–Crippen MR) is 107 cm³/mol. The van der Waals surface area contributed by atoms with Gasteiger partial charge in [0.15, 0.2) is 0 Å². The molecule has 1 heterocycles. The van der Waals surface area contributed by atoms with Gasteiger partial charge in [0.2, 0.25) is 0 Å². The first-order chi connectivity index (χ1) is 13.9. The minimum Gasteiger partial charge on any atom is -0.489 e. The van der Waals surface area contributed by atoms with Crippen LogP contribution in [0.15, 0.2) is 53.9 Å². The molecule has 7 heteroatoms. The largest absolute Gasteiger partial charge is 0.489 e. The van der Waals surface area contributed by atoms with Gasteiger partial charge in [0.1, 0.15) is 12.4 Å². The van der Waals surface area contributed by atoms with Gasteiger partial charge >= 0.3 is 6.18 Å². The first-order valence-electron chi connectivity index (χ1n) is 9.19. The first-order valence-corrected chi connectivity index (χ1v) is 10.1. The standard InChI is InChI=1S/C22H18F3NO2S/c23-22(24,25)17-5-7-18(8-6-17)26-21(27)20-10-14(13-29-20)12-28-19-9-4-15-2-1-3-16(15)11-19/h4-11,13H,1-3,12H2,(H,26,27). The molecular formula is C22H18F3NO2S. The van der Waals surface area contributed by atoms with E-state index in [-0.39, 0.29) is 5.91 Å². The normalized spacial score (nSPS) is 13.2. The van der Waals surface area contributed by atoms with Gasteiger partial charge < -0.3 is 10.1 Å². The number of alkyl halides is 3. The number of amides is 1. The van der Waals surface area contributed by atoms with E-state index in [1.807, 2.05) is 11.4 Å². The molecular weight excluding hydrogens is 399 g/mol. The summed E-state index contributed by atoms with van der Waals surface area (Å²) < 4.78 is 43.7. The molecule has 0 atom stereocenters. The quantitative estimate of drug-likeness (QED) is 0.546. The van der Waals surface area contributed by atoms with Gasteiger partial charge in [0, 0.05) is 11.3 Å². The molecule has 1 aliphatic carbocycles. The van der Waals surface area contributed by atoms with E-state index in [4.69, 9.17) is 4.74 Å². The van der Waals surface area contributed by atoms with Crippen LogP contribution >= 0.6 is 11.3 Å². The second-order valence-corrected chi connectivity index (χ2v) is 7.83. The topological polar surface area (TPSA) is 38.3 Å². The lowest BCUT2D eigenvalue weighted by molar-refractivity contribution is -0.137. The molecule has 0 unspecified atom stereocenters. The summed E-state index contributed by atoms with van der Waals surface area (Å²) in [5, 5.41) is 4.46. The Morgan fingerprint density at radius 1 is 1.03 bits per heavy atom. The molecule has 0 radical (unpaired) electrons. The van der Waals surface area contributed by atoms with E-state index in [2.05, 4.69) is 17.4 Å².